The summed E-state index contributed by atoms with van der Waals surface area (Å²) in [5.41, 5.74) is 3.67. The van der Waals surface area contributed by atoms with Gasteiger partial charge in [0.1, 0.15) is 0 Å². The van der Waals surface area contributed by atoms with Crippen molar-refractivity contribution in [2.45, 2.75) is 45.6 Å². The molecular formula is C16H22O. The second kappa shape index (κ2) is 4.13. The zero-order chi connectivity index (χ0) is 12.0. The van der Waals surface area contributed by atoms with Crippen LogP contribution in [-0.2, 0) is 0 Å². The predicted octanol–water partition coefficient (Wildman–Crippen LogP) is 3.77. The molecule has 1 aromatic carbocycles. The average Bonchev–Trinajstić information content (AvgIpc) is 3.00. The van der Waals surface area contributed by atoms with Gasteiger partial charge < -0.3 is 5.11 Å². The molecule has 92 valence electrons. The van der Waals surface area contributed by atoms with E-state index in [2.05, 4.69) is 32.0 Å². The van der Waals surface area contributed by atoms with E-state index in [-0.39, 0.29) is 6.10 Å². The number of aliphatic hydroxyl groups excluding tert-OH is 1. The highest BCUT2D eigenvalue weighted by molar-refractivity contribution is 5.31. The fourth-order valence-corrected chi connectivity index (χ4v) is 3.92. The van der Waals surface area contributed by atoms with Gasteiger partial charge in [0.25, 0.3) is 0 Å². The van der Waals surface area contributed by atoms with Crippen molar-refractivity contribution in [1.82, 2.24) is 0 Å². The van der Waals surface area contributed by atoms with Gasteiger partial charge in [0.2, 0.25) is 0 Å². The van der Waals surface area contributed by atoms with Crippen molar-refractivity contribution >= 4 is 0 Å². The molecule has 0 saturated heterocycles. The van der Waals surface area contributed by atoms with Crippen LogP contribution in [0.1, 0.15) is 48.5 Å². The van der Waals surface area contributed by atoms with Gasteiger partial charge in [-0.1, -0.05) is 42.2 Å². The SMILES string of the molecule is Cc1cc(C)cc(C(O)C2C3CCCCC32)c1. The number of benzene rings is 1. The molecule has 0 radical (unpaired) electrons. The lowest BCUT2D eigenvalue weighted by molar-refractivity contribution is 0.142. The largest absolute Gasteiger partial charge is 0.388 e. The van der Waals surface area contributed by atoms with Gasteiger partial charge in [-0.25, -0.2) is 0 Å². The molecule has 2 fully saturated rings. The smallest absolute Gasteiger partial charge is 0.0823 e. The Morgan fingerprint density at radius 2 is 1.53 bits per heavy atom. The van der Waals surface area contributed by atoms with Gasteiger partial charge in [0.05, 0.1) is 6.10 Å². The molecule has 0 amide bonds. The number of rotatable bonds is 2. The van der Waals surface area contributed by atoms with Crippen LogP contribution in [-0.4, -0.2) is 5.11 Å². The molecule has 3 atom stereocenters. The number of hydrogen-bond donors (Lipinski definition) is 1. The van der Waals surface area contributed by atoms with E-state index in [1.807, 2.05) is 0 Å². The Morgan fingerprint density at radius 1 is 1.00 bits per heavy atom. The molecule has 1 N–H and O–H groups in total. The Balaban J connectivity index is 1.80. The molecule has 1 aromatic rings. The predicted molar refractivity (Wildman–Crippen MR) is 69.8 cm³/mol. The van der Waals surface area contributed by atoms with Gasteiger partial charge in [-0.2, -0.15) is 0 Å². The van der Waals surface area contributed by atoms with Gasteiger partial charge in [0.15, 0.2) is 0 Å². The van der Waals surface area contributed by atoms with Crippen molar-refractivity contribution < 1.29 is 5.11 Å². The van der Waals surface area contributed by atoms with Crippen LogP contribution in [0.3, 0.4) is 0 Å². The lowest BCUT2D eigenvalue weighted by Gasteiger charge is -2.12. The number of aryl methyl sites for hydroxylation is 2. The first-order valence-electron chi connectivity index (χ1n) is 6.93. The van der Waals surface area contributed by atoms with Gasteiger partial charge in [-0.15, -0.1) is 0 Å². The molecule has 2 aliphatic rings. The average molecular weight is 230 g/mol. The molecule has 17 heavy (non-hydrogen) atoms. The lowest BCUT2D eigenvalue weighted by Crippen LogP contribution is -2.03. The molecule has 0 spiro atoms. The first-order chi connectivity index (χ1) is 8.16. The molecule has 3 unspecified atom stereocenters. The van der Waals surface area contributed by atoms with Crippen LogP contribution in [0.4, 0.5) is 0 Å². The van der Waals surface area contributed by atoms with Crippen molar-refractivity contribution in [1.29, 1.82) is 0 Å². The molecule has 0 aromatic heterocycles. The summed E-state index contributed by atoms with van der Waals surface area (Å²) in [6, 6.07) is 6.49. The minimum absolute atomic E-state index is 0.221. The van der Waals surface area contributed by atoms with Crippen molar-refractivity contribution in [2.75, 3.05) is 0 Å². The summed E-state index contributed by atoms with van der Waals surface area (Å²) in [7, 11) is 0. The van der Waals surface area contributed by atoms with Crippen LogP contribution in [0.25, 0.3) is 0 Å². The van der Waals surface area contributed by atoms with Crippen LogP contribution in [0.2, 0.25) is 0 Å². The zero-order valence-electron chi connectivity index (χ0n) is 10.8. The Kier molecular flexibility index (Phi) is 2.74. The van der Waals surface area contributed by atoms with Crippen molar-refractivity contribution in [3.8, 4) is 0 Å². The summed E-state index contributed by atoms with van der Waals surface area (Å²) in [6.45, 7) is 4.23. The van der Waals surface area contributed by atoms with Gasteiger partial charge in [0, 0.05) is 0 Å². The second-order valence-corrected chi connectivity index (χ2v) is 6.06. The van der Waals surface area contributed by atoms with Crippen LogP contribution >= 0.6 is 0 Å². The summed E-state index contributed by atoms with van der Waals surface area (Å²) in [5, 5.41) is 10.5. The summed E-state index contributed by atoms with van der Waals surface area (Å²) in [4.78, 5) is 0. The van der Waals surface area contributed by atoms with Gasteiger partial charge in [-0.05, 0) is 50.0 Å². The highest BCUT2D eigenvalue weighted by Gasteiger charge is 2.54. The first kappa shape index (κ1) is 11.3. The molecule has 1 nitrogen and oxygen atoms in total. The summed E-state index contributed by atoms with van der Waals surface area (Å²) in [6.07, 6.45) is 5.21. The Morgan fingerprint density at radius 3 is 2.06 bits per heavy atom. The normalized spacial score (nSPS) is 33.0. The van der Waals surface area contributed by atoms with Crippen molar-refractivity contribution in [2.24, 2.45) is 17.8 Å². The van der Waals surface area contributed by atoms with Gasteiger partial charge >= 0.3 is 0 Å². The lowest BCUT2D eigenvalue weighted by atomic mass is 9.99. The number of fused-ring (bicyclic) bond motifs is 1. The van der Waals surface area contributed by atoms with E-state index in [9.17, 15) is 5.11 Å². The number of hydrogen-bond acceptors (Lipinski definition) is 1. The second-order valence-electron chi connectivity index (χ2n) is 6.06. The van der Waals surface area contributed by atoms with Crippen LogP contribution in [0.5, 0.6) is 0 Å². The van der Waals surface area contributed by atoms with E-state index in [4.69, 9.17) is 0 Å². The third-order valence-corrected chi connectivity index (χ3v) is 4.67. The fourth-order valence-electron chi connectivity index (χ4n) is 3.92. The first-order valence-corrected chi connectivity index (χ1v) is 6.93. The maximum Gasteiger partial charge on any atom is 0.0823 e. The monoisotopic (exact) mass is 230 g/mol. The Hall–Kier alpha value is -0.820. The fraction of sp³-hybridized carbons (Fsp3) is 0.625. The van der Waals surface area contributed by atoms with Gasteiger partial charge in [-0.3, -0.25) is 0 Å². The third-order valence-electron chi connectivity index (χ3n) is 4.67. The van der Waals surface area contributed by atoms with E-state index in [1.165, 1.54) is 36.8 Å². The molecule has 0 aliphatic heterocycles. The van der Waals surface area contributed by atoms with E-state index >= 15 is 0 Å². The molecular weight excluding hydrogens is 208 g/mol. The van der Waals surface area contributed by atoms with Crippen LogP contribution in [0.15, 0.2) is 18.2 Å². The van der Waals surface area contributed by atoms with E-state index in [0.717, 1.165) is 17.4 Å². The maximum atomic E-state index is 10.5. The summed E-state index contributed by atoms with van der Waals surface area (Å²) < 4.78 is 0. The molecule has 0 bridgehead atoms. The highest BCUT2D eigenvalue weighted by Crippen LogP contribution is 2.60. The van der Waals surface area contributed by atoms with Crippen LogP contribution < -0.4 is 0 Å². The third kappa shape index (κ3) is 2.01. The van der Waals surface area contributed by atoms with Crippen LogP contribution in [0, 0.1) is 31.6 Å². The Bertz CT molecular complexity index is 391. The van der Waals surface area contributed by atoms with E-state index < -0.39 is 0 Å². The minimum Gasteiger partial charge on any atom is -0.388 e. The molecule has 2 saturated carbocycles. The maximum absolute atomic E-state index is 10.5. The zero-order valence-corrected chi connectivity index (χ0v) is 10.8. The van der Waals surface area contributed by atoms with E-state index in [1.54, 1.807) is 0 Å². The van der Waals surface area contributed by atoms with Crippen molar-refractivity contribution in [3.63, 3.8) is 0 Å². The highest BCUT2D eigenvalue weighted by atomic mass is 16.3. The molecule has 3 rings (SSSR count). The van der Waals surface area contributed by atoms with Crippen molar-refractivity contribution in [3.05, 3.63) is 34.9 Å². The molecule has 2 aliphatic carbocycles. The number of aliphatic hydroxyl groups is 1. The quantitative estimate of drug-likeness (QED) is 0.820. The topological polar surface area (TPSA) is 20.2 Å². The summed E-state index contributed by atoms with van der Waals surface area (Å²) in [5.74, 6) is 2.19. The standard InChI is InChI=1S/C16H22O/c1-10-7-11(2)9-12(8-10)16(17)15-13-5-3-4-6-14(13)15/h7-9,13-17H,3-6H2,1-2H3. The molecule has 1 heteroatoms. The Labute approximate surface area is 104 Å². The minimum atomic E-state index is -0.221. The molecule has 0 heterocycles. The van der Waals surface area contributed by atoms with E-state index in [0.29, 0.717) is 5.92 Å². The summed E-state index contributed by atoms with van der Waals surface area (Å²) >= 11 is 0.